The SMILES string of the molecule is NCC#Cc1ccsc1CN1C(=O)Cc2ccc(Cl)cc21. The number of anilines is 1. The largest absolute Gasteiger partial charge is 0.320 e. The van der Waals surface area contributed by atoms with Crippen molar-refractivity contribution in [2.24, 2.45) is 5.73 Å². The fraction of sp³-hybridized carbons (Fsp3) is 0.188. The molecule has 0 aliphatic carbocycles. The van der Waals surface area contributed by atoms with E-state index in [-0.39, 0.29) is 5.91 Å². The molecule has 2 N–H and O–H groups in total. The van der Waals surface area contributed by atoms with Crippen molar-refractivity contribution in [3.8, 4) is 11.8 Å². The first kappa shape index (κ1) is 14.2. The summed E-state index contributed by atoms with van der Waals surface area (Å²) in [6.45, 7) is 0.856. The molecule has 0 spiro atoms. The molecule has 0 bridgehead atoms. The van der Waals surface area contributed by atoms with Gasteiger partial charge in [0.05, 0.1) is 19.5 Å². The molecule has 0 fully saturated rings. The molecule has 0 saturated heterocycles. The van der Waals surface area contributed by atoms with Gasteiger partial charge in [0.1, 0.15) is 0 Å². The maximum absolute atomic E-state index is 12.2. The predicted octanol–water partition coefficient (Wildman–Crippen LogP) is 2.80. The van der Waals surface area contributed by atoms with Crippen LogP contribution in [0, 0.1) is 11.8 Å². The zero-order valence-corrected chi connectivity index (χ0v) is 12.8. The van der Waals surface area contributed by atoms with E-state index in [0.717, 1.165) is 21.7 Å². The van der Waals surface area contributed by atoms with Gasteiger partial charge in [-0.15, -0.1) is 11.3 Å². The number of fused-ring (bicyclic) bond motifs is 1. The number of nitrogens with zero attached hydrogens (tertiary/aromatic N) is 1. The fourth-order valence-electron chi connectivity index (χ4n) is 2.37. The van der Waals surface area contributed by atoms with Crippen LogP contribution in [0.15, 0.2) is 29.6 Å². The summed E-state index contributed by atoms with van der Waals surface area (Å²) in [4.78, 5) is 15.1. The van der Waals surface area contributed by atoms with Gasteiger partial charge < -0.3 is 10.6 Å². The molecule has 1 amide bonds. The average Bonchev–Trinajstić information content (AvgIpc) is 3.03. The maximum atomic E-state index is 12.2. The number of thiophene rings is 1. The maximum Gasteiger partial charge on any atom is 0.231 e. The monoisotopic (exact) mass is 316 g/mol. The zero-order chi connectivity index (χ0) is 14.8. The van der Waals surface area contributed by atoms with Crippen molar-refractivity contribution in [2.75, 3.05) is 11.4 Å². The number of rotatable bonds is 2. The van der Waals surface area contributed by atoms with Crippen molar-refractivity contribution in [1.82, 2.24) is 0 Å². The van der Waals surface area contributed by atoms with Crippen molar-refractivity contribution in [1.29, 1.82) is 0 Å². The molecule has 5 heteroatoms. The van der Waals surface area contributed by atoms with Gasteiger partial charge in [0, 0.05) is 21.2 Å². The lowest BCUT2D eigenvalue weighted by Crippen LogP contribution is -2.25. The lowest BCUT2D eigenvalue weighted by molar-refractivity contribution is -0.117. The Morgan fingerprint density at radius 1 is 1.38 bits per heavy atom. The molecule has 3 nitrogen and oxygen atoms in total. The Morgan fingerprint density at radius 3 is 3.05 bits per heavy atom. The van der Waals surface area contributed by atoms with Crippen LogP contribution in [0.2, 0.25) is 5.02 Å². The number of carbonyl (C=O) groups excluding carboxylic acids is 1. The Balaban J connectivity index is 1.91. The highest BCUT2D eigenvalue weighted by molar-refractivity contribution is 7.10. The van der Waals surface area contributed by atoms with Crippen molar-refractivity contribution in [3.63, 3.8) is 0 Å². The highest BCUT2D eigenvalue weighted by Crippen LogP contribution is 2.33. The molecular formula is C16H13ClN2OS. The molecule has 3 rings (SSSR count). The van der Waals surface area contributed by atoms with Crippen LogP contribution in [-0.4, -0.2) is 12.5 Å². The molecule has 2 aromatic rings. The number of hydrogen-bond donors (Lipinski definition) is 1. The Kier molecular flexibility index (Phi) is 3.98. The van der Waals surface area contributed by atoms with E-state index in [1.807, 2.05) is 29.6 Å². The van der Waals surface area contributed by atoms with E-state index in [2.05, 4.69) is 11.8 Å². The summed E-state index contributed by atoms with van der Waals surface area (Å²) in [6, 6.07) is 7.54. The van der Waals surface area contributed by atoms with Gasteiger partial charge in [0.25, 0.3) is 0 Å². The summed E-state index contributed by atoms with van der Waals surface area (Å²) >= 11 is 7.64. The lowest BCUT2D eigenvalue weighted by Gasteiger charge is -2.17. The molecule has 1 aromatic heterocycles. The van der Waals surface area contributed by atoms with E-state index in [1.165, 1.54) is 0 Å². The number of carbonyl (C=O) groups is 1. The van der Waals surface area contributed by atoms with E-state index in [1.54, 1.807) is 16.2 Å². The van der Waals surface area contributed by atoms with Crippen LogP contribution in [0.4, 0.5) is 5.69 Å². The first-order valence-corrected chi connectivity index (χ1v) is 7.79. The third-order valence-electron chi connectivity index (χ3n) is 3.35. The third kappa shape index (κ3) is 2.81. The highest BCUT2D eigenvalue weighted by Gasteiger charge is 2.28. The summed E-state index contributed by atoms with van der Waals surface area (Å²) < 4.78 is 0. The number of halogens is 1. The smallest absolute Gasteiger partial charge is 0.231 e. The molecule has 2 heterocycles. The summed E-state index contributed by atoms with van der Waals surface area (Å²) in [6.07, 6.45) is 0.432. The van der Waals surface area contributed by atoms with Crippen LogP contribution in [0.5, 0.6) is 0 Å². The Labute approximate surface area is 132 Å². The average molecular weight is 317 g/mol. The highest BCUT2D eigenvalue weighted by atomic mass is 35.5. The van der Waals surface area contributed by atoms with Crippen LogP contribution in [0.3, 0.4) is 0 Å². The van der Waals surface area contributed by atoms with Crippen LogP contribution < -0.4 is 10.6 Å². The van der Waals surface area contributed by atoms with Gasteiger partial charge in [0.15, 0.2) is 0 Å². The number of amides is 1. The Morgan fingerprint density at radius 2 is 2.24 bits per heavy atom. The molecule has 0 atom stereocenters. The second-order valence-electron chi connectivity index (χ2n) is 4.69. The third-order valence-corrected chi connectivity index (χ3v) is 4.49. The number of hydrogen-bond acceptors (Lipinski definition) is 3. The van der Waals surface area contributed by atoms with Gasteiger partial charge >= 0.3 is 0 Å². The second-order valence-corrected chi connectivity index (χ2v) is 6.13. The summed E-state index contributed by atoms with van der Waals surface area (Å²) in [5.41, 5.74) is 8.28. The molecule has 21 heavy (non-hydrogen) atoms. The summed E-state index contributed by atoms with van der Waals surface area (Å²) in [5.74, 6) is 6.00. The minimum atomic E-state index is 0.0957. The van der Waals surface area contributed by atoms with Gasteiger partial charge in [-0.3, -0.25) is 4.79 Å². The molecule has 1 aliphatic heterocycles. The quantitative estimate of drug-likeness (QED) is 0.866. The fourth-order valence-corrected chi connectivity index (χ4v) is 3.35. The predicted molar refractivity (Wildman–Crippen MR) is 86.6 cm³/mol. The van der Waals surface area contributed by atoms with Crippen molar-refractivity contribution < 1.29 is 4.79 Å². The van der Waals surface area contributed by atoms with E-state index in [9.17, 15) is 4.79 Å². The minimum Gasteiger partial charge on any atom is -0.320 e. The van der Waals surface area contributed by atoms with Gasteiger partial charge in [0.2, 0.25) is 5.91 Å². The van der Waals surface area contributed by atoms with Crippen LogP contribution >= 0.6 is 22.9 Å². The van der Waals surface area contributed by atoms with Crippen molar-refractivity contribution >= 4 is 34.5 Å². The summed E-state index contributed by atoms with van der Waals surface area (Å²) in [5, 5.41) is 2.62. The lowest BCUT2D eigenvalue weighted by atomic mass is 10.2. The Bertz CT molecular complexity index is 757. The van der Waals surface area contributed by atoms with Crippen LogP contribution in [0.1, 0.15) is 16.0 Å². The second kappa shape index (κ2) is 5.90. The molecule has 1 aliphatic rings. The topological polar surface area (TPSA) is 46.3 Å². The zero-order valence-electron chi connectivity index (χ0n) is 11.2. The number of benzene rings is 1. The molecule has 1 aromatic carbocycles. The van der Waals surface area contributed by atoms with Crippen molar-refractivity contribution in [3.05, 3.63) is 50.7 Å². The first-order valence-electron chi connectivity index (χ1n) is 6.53. The molecule has 0 radical (unpaired) electrons. The first-order chi connectivity index (χ1) is 10.2. The molecule has 0 saturated carbocycles. The van der Waals surface area contributed by atoms with E-state index in [4.69, 9.17) is 17.3 Å². The molecular weight excluding hydrogens is 304 g/mol. The standard InChI is InChI=1S/C16H13ClN2OS/c17-13-4-3-12-8-16(20)19(14(12)9-13)10-15-11(2-1-6-18)5-7-21-15/h3-5,7,9H,6,8,10,18H2. The minimum absolute atomic E-state index is 0.0957. The van der Waals surface area contributed by atoms with Crippen LogP contribution in [0.25, 0.3) is 0 Å². The molecule has 0 unspecified atom stereocenters. The van der Waals surface area contributed by atoms with Gasteiger partial charge in [-0.25, -0.2) is 0 Å². The number of nitrogens with two attached hydrogens (primary N) is 1. The van der Waals surface area contributed by atoms with E-state index < -0.39 is 0 Å². The normalized spacial score (nSPS) is 13.0. The molecule has 106 valence electrons. The van der Waals surface area contributed by atoms with Crippen molar-refractivity contribution in [2.45, 2.75) is 13.0 Å². The van der Waals surface area contributed by atoms with Crippen LogP contribution in [-0.2, 0) is 17.8 Å². The summed E-state index contributed by atoms with van der Waals surface area (Å²) in [7, 11) is 0. The van der Waals surface area contributed by atoms with Gasteiger partial charge in [-0.2, -0.15) is 0 Å². The van der Waals surface area contributed by atoms with Gasteiger partial charge in [-0.1, -0.05) is 29.5 Å². The van der Waals surface area contributed by atoms with E-state index in [0.29, 0.717) is 24.5 Å². The van der Waals surface area contributed by atoms with Gasteiger partial charge in [-0.05, 0) is 29.1 Å². The Hall–Kier alpha value is -1.80. The van der Waals surface area contributed by atoms with E-state index >= 15 is 0 Å².